The van der Waals surface area contributed by atoms with Crippen molar-refractivity contribution in [3.8, 4) is 0 Å². The third-order valence-electron chi connectivity index (χ3n) is 5.60. The van der Waals surface area contributed by atoms with Crippen LogP contribution in [0, 0.1) is 10.4 Å². The van der Waals surface area contributed by atoms with Gasteiger partial charge < -0.3 is 0 Å². The van der Waals surface area contributed by atoms with E-state index in [1.54, 1.807) is 0 Å². The van der Waals surface area contributed by atoms with E-state index < -0.39 is 0 Å². The Balaban J connectivity index is 1.97. The standard InChI is InChI=1S/C26H16/c1-5-17-9-3-11-23-21(15-13-19(7-1)25(17)23)22-16-14-20-8-2-6-18-10-4-12-24(22)26(18)20/h1-16H/b22-21+. The third-order valence-corrected chi connectivity index (χ3v) is 5.60. The van der Waals surface area contributed by atoms with Gasteiger partial charge in [-0.05, 0) is 53.5 Å². The van der Waals surface area contributed by atoms with Crippen LogP contribution in [0.25, 0.3) is 43.1 Å². The summed E-state index contributed by atoms with van der Waals surface area (Å²) in [6.07, 6.45) is 0. The van der Waals surface area contributed by atoms with E-state index in [-0.39, 0.29) is 0 Å². The van der Waals surface area contributed by atoms with Crippen molar-refractivity contribution in [1.29, 1.82) is 0 Å². The Morgan fingerprint density at radius 1 is 0.308 bits per heavy atom. The van der Waals surface area contributed by atoms with Crippen LogP contribution in [0.15, 0.2) is 97.1 Å². The van der Waals surface area contributed by atoms with Crippen LogP contribution < -0.4 is 0 Å². The van der Waals surface area contributed by atoms with Gasteiger partial charge in [0, 0.05) is 0 Å². The molecule has 0 radical (unpaired) electrons. The molecule has 0 aromatic heterocycles. The molecule has 6 rings (SSSR count). The summed E-state index contributed by atoms with van der Waals surface area (Å²) in [5.74, 6) is 0. The van der Waals surface area contributed by atoms with E-state index in [2.05, 4.69) is 97.1 Å². The summed E-state index contributed by atoms with van der Waals surface area (Å²) in [6, 6.07) is 35.4. The maximum atomic E-state index is 2.28. The summed E-state index contributed by atoms with van der Waals surface area (Å²) in [7, 11) is 0. The fraction of sp³-hybridized carbons (Fsp3) is 0. The first-order valence-corrected chi connectivity index (χ1v) is 9.05. The second kappa shape index (κ2) is 5.06. The molecule has 6 aromatic rings. The predicted octanol–water partition coefficient (Wildman–Crippen LogP) is 7.02. The van der Waals surface area contributed by atoms with Crippen LogP contribution in [-0.2, 0) is 0 Å². The predicted molar refractivity (Wildman–Crippen MR) is 112 cm³/mol. The van der Waals surface area contributed by atoms with Crippen LogP contribution in [0.2, 0.25) is 0 Å². The Morgan fingerprint density at radius 3 is 1.08 bits per heavy atom. The molecule has 0 spiro atoms. The molecule has 0 nitrogen and oxygen atoms in total. The molecule has 26 heavy (non-hydrogen) atoms. The highest BCUT2D eigenvalue weighted by atomic mass is 14.1. The van der Waals surface area contributed by atoms with E-state index in [4.69, 9.17) is 0 Å². The normalized spacial score (nSPS) is 13.2. The van der Waals surface area contributed by atoms with Crippen molar-refractivity contribution < 1.29 is 0 Å². The third kappa shape index (κ3) is 1.79. The Labute approximate surface area is 151 Å². The van der Waals surface area contributed by atoms with E-state index in [9.17, 15) is 0 Å². The van der Waals surface area contributed by atoms with Gasteiger partial charge in [-0.15, -0.1) is 0 Å². The lowest BCUT2D eigenvalue weighted by atomic mass is 9.95. The van der Waals surface area contributed by atoms with Crippen LogP contribution in [0.5, 0.6) is 0 Å². The molecule has 0 unspecified atom stereocenters. The Bertz CT molecular complexity index is 1360. The molecule has 0 heteroatoms. The molecule has 0 saturated heterocycles. The molecule has 0 saturated carbocycles. The van der Waals surface area contributed by atoms with Crippen LogP contribution in [0.3, 0.4) is 0 Å². The first kappa shape index (κ1) is 13.9. The Morgan fingerprint density at radius 2 is 0.654 bits per heavy atom. The second-order valence-electron chi connectivity index (χ2n) is 7.00. The zero-order chi connectivity index (χ0) is 17.1. The van der Waals surface area contributed by atoms with E-state index in [0.29, 0.717) is 0 Å². The average Bonchev–Trinajstić information content (AvgIpc) is 2.70. The lowest BCUT2D eigenvalue weighted by Gasteiger charge is -2.09. The molecule has 0 bridgehead atoms. The summed E-state index contributed by atoms with van der Waals surface area (Å²) >= 11 is 0. The molecule has 6 aromatic carbocycles. The minimum atomic E-state index is 1.31. The molecule has 0 aliphatic carbocycles. The van der Waals surface area contributed by atoms with Gasteiger partial charge in [-0.3, -0.25) is 0 Å². The zero-order valence-electron chi connectivity index (χ0n) is 14.2. The minimum absolute atomic E-state index is 1.31. The molecular weight excluding hydrogens is 312 g/mol. The van der Waals surface area contributed by atoms with Crippen LogP contribution in [0.1, 0.15) is 0 Å². The summed E-state index contributed by atoms with van der Waals surface area (Å²) in [4.78, 5) is 0. The van der Waals surface area contributed by atoms with Gasteiger partial charge >= 0.3 is 0 Å². The largest absolute Gasteiger partial charge is 0.0610 e. The second-order valence-corrected chi connectivity index (χ2v) is 7.00. The summed E-state index contributed by atoms with van der Waals surface area (Å²) in [6.45, 7) is 0. The number of hydrogen-bond donors (Lipinski definition) is 0. The average molecular weight is 328 g/mol. The lowest BCUT2D eigenvalue weighted by Crippen LogP contribution is -1.85. The van der Waals surface area contributed by atoms with Crippen LogP contribution in [-0.4, -0.2) is 0 Å². The van der Waals surface area contributed by atoms with Gasteiger partial charge in [0.1, 0.15) is 0 Å². The highest BCUT2D eigenvalue weighted by Gasteiger charge is 2.06. The fourth-order valence-electron chi connectivity index (χ4n) is 4.46. The first-order valence-electron chi connectivity index (χ1n) is 9.05. The van der Waals surface area contributed by atoms with Crippen molar-refractivity contribution in [3.05, 3.63) is 107 Å². The van der Waals surface area contributed by atoms with Gasteiger partial charge in [0.05, 0.1) is 0 Å². The topological polar surface area (TPSA) is 0 Å². The number of benzene rings is 6. The van der Waals surface area contributed by atoms with Gasteiger partial charge in [-0.25, -0.2) is 0 Å². The smallest absolute Gasteiger partial charge is 0.00326 e. The molecule has 0 atom stereocenters. The molecule has 120 valence electrons. The number of rotatable bonds is 0. The van der Waals surface area contributed by atoms with E-state index in [1.165, 1.54) is 53.5 Å². The van der Waals surface area contributed by atoms with Crippen molar-refractivity contribution in [3.63, 3.8) is 0 Å². The van der Waals surface area contributed by atoms with Crippen molar-refractivity contribution in [1.82, 2.24) is 0 Å². The molecule has 0 amide bonds. The van der Waals surface area contributed by atoms with Gasteiger partial charge in [-0.2, -0.15) is 0 Å². The van der Waals surface area contributed by atoms with Crippen molar-refractivity contribution >= 4 is 43.1 Å². The van der Waals surface area contributed by atoms with Gasteiger partial charge in [0.2, 0.25) is 0 Å². The Hall–Kier alpha value is -3.38. The highest BCUT2D eigenvalue weighted by Crippen LogP contribution is 2.31. The highest BCUT2D eigenvalue weighted by molar-refractivity contribution is 6.12. The lowest BCUT2D eigenvalue weighted by molar-refractivity contribution is 1.59. The molecule has 0 aliphatic heterocycles. The SMILES string of the molecule is c1cc2cccc3/c(=c4\ccc5cccc6cccc4c65)ccc(c1)c23. The van der Waals surface area contributed by atoms with Gasteiger partial charge in [-0.1, -0.05) is 97.1 Å². The summed E-state index contributed by atoms with van der Waals surface area (Å²) in [5, 5.41) is 13.2. The maximum Gasteiger partial charge on any atom is -0.00326 e. The number of hydrogen-bond acceptors (Lipinski definition) is 0. The molecular formula is C26H16. The van der Waals surface area contributed by atoms with Crippen LogP contribution in [0.4, 0.5) is 0 Å². The van der Waals surface area contributed by atoms with Crippen molar-refractivity contribution in [2.75, 3.05) is 0 Å². The van der Waals surface area contributed by atoms with E-state index in [1.807, 2.05) is 0 Å². The molecule has 0 aliphatic rings. The van der Waals surface area contributed by atoms with Crippen molar-refractivity contribution in [2.45, 2.75) is 0 Å². The van der Waals surface area contributed by atoms with Gasteiger partial charge in [0.25, 0.3) is 0 Å². The Kier molecular flexibility index (Phi) is 2.70. The monoisotopic (exact) mass is 328 g/mol. The molecule has 0 heterocycles. The van der Waals surface area contributed by atoms with Crippen LogP contribution >= 0.6 is 0 Å². The zero-order valence-corrected chi connectivity index (χ0v) is 14.2. The van der Waals surface area contributed by atoms with E-state index >= 15 is 0 Å². The maximum absolute atomic E-state index is 2.28. The van der Waals surface area contributed by atoms with Crippen molar-refractivity contribution in [2.24, 2.45) is 0 Å². The van der Waals surface area contributed by atoms with E-state index in [0.717, 1.165) is 0 Å². The summed E-state index contributed by atoms with van der Waals surface area (Å²) in [5.41, 5.74) is 0. The van der Waals surface area contributed by atoms with Gasteiger partial charge in [0.15, 0.2) is 0 Å². The quantitative estimate of drug-likeness (QED) is 0.281. The minimum Gasteiger partial charge on any atom is -0.0610 e. The molecule has 0 N–H and O–H groups in total. The molecule has 0 fully saturated rings. The first-order chi connectivity index (χ1) is 12.9. The fourth-order valence-corrected chi connectivity index (χ4v) is 4.46. The summed E-state index contributed by atoms with van der Waals surface area (Å²) < 4.78 is 0.